The zero-order valence-corrected chi connectivity index (χ0v) is 15.9. The molecule has 0 amide bonds. The third-order valence-electron chi connectivity index (χ3n) is 3.39. The SMILES string of the molecule is Clc1ccc(N(c2ccc(Cl)cc2Cl)c2ccc(Cl)cc2Cl)cc1. The lowest BCUT2D eigenvalue weighted by atomic mass is 10.2. The summed E-state index contributed by atoms with van der Waals surface area (Å²) in [6, 6.07) is 18.0. The molecule has 0 fully saturated rings. The van der Waals surface area contributed by atoms with Gasteiger partial charge in [0.2, 0.25) is 0 Å². The van der Waals surface area contributed by atoms with Crippen molar-refractivity contribution >= 4 is 75.1 Å². The number of nitrogens with zero attached hydrogens (tertiary/aromatic N) is 1. The predicted octanol–water partition coefficient (Wildman–Crippen LogP) is 8.42. The predicted molar refractivity (Wildman–Crippen MR) is 106 cm³/mol. The van der Waals surface area contributed by atoms with Crippen LogP contribution in [0.5, 0.6) is 0 Å². The molecule has 3 aromatic carbocycles. The van der Waals surface area contributed by atoms with Gasteiger partial charge in [-0.3, -0.25) is 0 Å². The van der Waals surface area contributed by atoms with Crippen LogP contribution in [0.25, 0.3) is 0 Å². The van der Waals surface area contributed by atoms with E-state index >= 15 is 0 Å². The maximum Gasteiger partial charge on any atom is 0.0661 e. The van der Waals surface area contributed by atoms with E-state index in [9.17, 15) is 0 Å². The van der Waals surface area contributed by atoms with Crippen LogP contribution in [0, 0.1) is 0 Å². The van der Waals surface area contributed by atoms with Crippen LogP contribution in [0.2, 0.25) is 25.1 Å². The Morgan fingerprint density at radius 3 is 1.33 bits per heavy atom. The summed E-state index contributed by atoms with van der Waals surface area (Å²) in [7, 11) is 0. The maximum atomic E-state index is 6.42. The van der Waals surface area contributed by atoms with Crippen molar-refractivity contribution in [3.8, 4) is 0 Å². The molecule has 0 aliphatic heterocycles. The standard InChI is InChI=1S/C18H10Cl5N/c19-11-1-5-14(6-2-11)24(17-7-3-12(20)9-15(17)22)18-8-4-13(21)10-16(18)23/h1-10H. The van der Waals surface area contributed by atoms with Gasteiger partial charge in [0.05, 0.1) is 21.4 Å². The molecule has 3 aromatic rings. The fourth-order valence-corrected chi connectivity index (χ4v) is 3.44. The molecule has 0 atom stereocenters. The molecule has 0 saturated carbocycles. The van der Waals surface area contributed by atoms with Crippen molar-refractivity contribution in [2.24, 2.45) is 0 Å². The molecule has 24 heavy (non-hydrogen) atoms. The topological polar surface area (TPSA) is 3.24 Å². The zero-order valence-electron chi connectivity index (χ0n) is 12.1. The van der Waals surface area contributed by atoms with E-state index in [4.69, 9.17) is 58.0 Å². The molecule has 0 aliphatic carbocycles. The van der Waals surface area contributed by atoms with Gasteiger partial charge in [0.15, 0.2) is 0 Å². The molecule has 0 radical (unpaired) electrons. The molecule has 0 aliphatic rings. The van der Waals surface area contributed by atoms with E-state index in [1.807, 2.05) is 29.2 Å². The second-order valence-corrected chi connectivity index (χ2v) is 7.13. The van der Waals surface area contributed by atoms with Gasteiger partial charge in [-0.25, -0.2) is 0 Å². The first-order valence-electron chi connectivity index (χ1n) is 6.91. The van der Waals surface area contributed by atoms with E-state index in [0.29, 0.717) is 25.1 Å². The van der Waals surface area contributed by atoms with Gasteiger partial charge in [-0.05, 0) is 60.7 Å². The fraction of sp³-hybridized carbons (Fsp3) is 0. The number of hydrogen-bond donors (Lipinski definition) is 0. The third kappa shape index (κ3) is 3.77. The molecule has 3 rings (SSSR count). The Balaban J connectivity index is 2.22. The lowest BCUT2D eigenvalue weighted by Crippen LogP contribution is -2.11. The highest BCUT2D eigenvalue weighted by Crippen LogP contribution is 2.43. The van der Waals surface area contributed by atoms with Crippen LogP contribution < -0.4 is 4.90 Å². The minimum Gasteiger partial charge on any atom is -0.307 e. The summed E-state index contributed by atoms with van der Waals surface area (Å²) >= 11 is 30.9. The highest BCUT2D eigenvalue weighted by molar-refractivity contribution is 6.38. The van der Waals surface area contributed by atoms with Crippen molar-refractivity contribution in [1.29, 1.82) is 0 Å². The second-order valence-electron chi connectivity index (χ2n) is 5.00. The maximum absolute atomic E-state index is 6.42. The number of anilines is 3. The van der Waals surface area contributed by atoms with Gasteiger partial charge in [0.25, 0.3) is 0 Å². The second kappa shape index (κ2) is 7.43. The Morgan fingerprint density at radius 1 is 0.500 bits per heavy atom. The van der Waals surface area contributed by atoms with Crippen LogP contribution in [-0.4, -0.2) is 0 Å². The normalized spacial score (nSPS) is 10.7. The first-order chi connectivity index (χ1) is 11.5. The molecule has 0 heterocycles. The van der Waals surface area contributed by atoms with E-state index < -0.39 is 0 Å². The Bertz CT molecular complexity index is 826. The highest BCUT2D eigenvalue weighted by atomic mass is 35.5. The number of rotatable bonds is 3. The molecule has 0 N–H and O–H groups in total. The van der Waals surface area contributed by atoms with Crippen LogP contribution >= 0.6 is 58.0 Å². The number of hydrogen-bond acceptors (Lipinski definition) is 1. The lowest BCUT2D eigenvalue weighted by Gasteiger charge is -2.27. The van der Waals surface area contributed by atoms with Crippen LogP contribution in [-0.2, 0) is 0 Å². The van der Waals surface area contributed by atoms with Gasteiger partial charge in [-0.1, -0.05) is 58.0 Å². The van der Waals surface area contributed by atoms with Gasteiger partial charge in [0.1, 0.15) is 0 Å². The summed E-state index contributed by atoms with van der Waals surface area (Å²) < 4.78 is 0. The van der Waals surface area contributed by atoms with Crippen molar-refractivity contribution in [3.63, 3.8) is 0 Å². The van der Waals surface area contributed by atoms with E-state index in [1.165, 1.54) is 0 Å². The summed E-state index contributed by atoms with van der Waals surface area (Å²) in [6.45, 7) is 0. The Morgan fingerprint density at radius 2 is 0.917 bits per heavy atom. The number of benzene rings is 3. The summed E-state index contributed by atoms with van der Waals surface area (Å²) in [5.41, 5.74) is 2.34. The monoisotopic (exact) mass is 415 g/mol. The summed E-state index contributed by atoms with van der Waals surface area (Å²) in [5.74, 6) is 0. The summed E-state index contributed by atoms with van der Waals surface area (Å²) in [4.78, 5) is 1.92. The molecule has 0 saturated heterocycles. The minimum absolute atomic E-state index is 0.503. The molecule has 0 spiro atoms. The van der Waals surface area contributed by atoms with Crippen LogP contribution in [0.1, 0.15) is 0 Å². The summed E-state index contributed by atoms with van der Waals surface area (Å²) in [6.07, 6.45) is 0. The van der Waals surface area contributed by atoms with Crippen molar-refractivity contribution in [3.05, 3.63) is 85.8 Å². The van der Waals surface area contributed by atoms with E-state index in [1.54, 1.807) is 36.4 Å². The molecule has 122 valence electrons. The first kappa shape index (κ1) is 17.7. The Labute approximate surface area is 165 Å². The van der Waals surface area contributed by atoms with Crippen LogP contribution in [0.15, 0.2) is 60.7 Å². The van der Waals surface area contributed by atoms with Gasteiger partial charge in [0, 0.05) is 20.8 Å². The van der Waals surface area contributed by atoms with E-state index in [-0.39, 0.29) is 0 Å². The van der Waals surface area contributed by atoms with Crippen molar-refractivity contribution in [2.75, 3.05) is 4.90 Å². The van der Waals surface area contributed by atoms with Crippen molar-refractivity contribution in [2.45, 2.75) is 0 Å². The molecule has 0 bridgehead atoms. The molecule has 6 heteroatoms. The van der Waals surface area contributed by atoms with Crippen LogP contribution in [0.3, 0.4) is 0 Å². The average Bonchev–Trinajstić information content (AvgIpc) is 2.53. The van der Waals surface area contributed by atoms with E-state index in [2.05, 4.69) is 0 Å². The van der Waals surface area contributed by atoms with Crippen LogP contribution in [0.4, 0.5) is 17.1 Å². The lowest BCUT2D eigenvalue weighted by molar-refractivity contribution is 1.28. The van der Waals surface area contributed by atoms with Crippen molar-refractivity contribution < 1.29 is 0 Å². The highest BCUT2D eigenvalue weighted by Gasteiger charge is 2.18. The molecule has 0 aromatic heterocycles. The smallest absolute Gasteiger partial charge is 0.0661 e. The third-order valence-corrected chi connectivity index (χ3v) is 4.71. The quantitative estimate of drug-likeness (QED) is 0.413. The molecule has 0 unspecified atom stereocenters. The fourth-order valence-electron chi connectivity index (χ4n) is 2.32. The Kier molecular flexibility index (Phi) is 5.49. The zero-order chi connectivity index (χ0) is 17.3. The van der Waals surface area contributed by atoms with Gasteiger partial charge in [-0.15, -0.1) is 0 Å². The molecular weight excluding hydrogens is 407 g/mol. The average molecular weight is 418 g/mol. The van der Waals surface area contributed by atoms with Crippen molar-refractivity contribution in [1.82, 2.24) is 0 Å². The molecule has 1 nitrogen and oxygen atoms in total. The molecular formula is C18H10Cl5N. The van der Waals surface area contributed by atoms with E-state index in [0.717, 1.165) is 17.1 Å². The van der Waals surface area contributed by atoms with Gasteiger partial charge < -0.3 is 4.90 Å². The number of halogens is 5. The first-order valence-corrected chi connectivity index (χ1v) is 8.80. The summed E-state index contributed by atoms with van der Waals surface area (Å²) in [5, 5.41) is 2.76. The van der Waals surface area contributed by atoms with Gasteiger partial charge in [-0.2, -0.15) is 0 Å². The Hall–Kier alpha value is -1.09. The largest absolute Gasteiger partial charge is 0.307 e. The minimum atomic E-state index is 0.503. The van der Waals surface area contributed by atoms with Gasteiger partial charge >= 0.3 is 0 Å².